The first-order valence-corrected chi connectivity index (χ1v) is 4.74. The molecule has 74 valence electrons. The second-order valence-electron chi connectivity index (χ2n) is 3.86. The van der Waals surface area contributed by atoms with E-state index in [-0.39, 0.29) is 12.4 Å². The lowest BCUT2D eigenvalue weighted by Crippen LogP contribution is -2.41. The maximum Gasteiger partial charge on any atom is 0.125 e. The average molecular weight is 202 g/mol. The highest BCUT2D eigenvalue weighted by Gasteiger charge is 2.29. The Balaban J connectivity index is 0.000000845. The van der Waals surface area contributed by atoms with Gasteiger partial charge in [0, 0.05) is 19.0 Å². The zero-order chi connectivity index (χ0) is 8.44. The van der Waals surface area contributed by atoms with Crippen molar-refractivity contribution in [3.05, 3.63) is 0 Å². The van der Waals surface area contributed by atoms with Crippen LogP contribution in [-0.4, -0.2) is 23.8 Å². The van der Waals surface area contributed by atoms with Gasteiger partial charge in [0.05, 0.1) is 0 Å². The standard InChI is InChI=1S/C10H15NO.ClH/c12-10(4-1-2-5-10)6-3-9-7-11-8-9;/h9,11-12H,1-2,4-5,7-8H2;1H. The fourth-order valence-corrected chi connectivity index (χ4v) is 1.71. The Morgan fingerprint density at radius 1 is 1.23 bits per heavy atom. The van der Waals surface area contributed by atoms with Crippen LogP contribution in [0.2, 0.25) is 0 Å². The van der Waals surface area contributed by atoms with Crippen LogP contribution in [0.5, 0.6) is 0 Å². The van der Waals surface area contributed by atoms with Crippen LogP contribution in [0.25, 0.3) is 0 Å². The zero-order valence-electron chi connectivity index (χ0n) is 7.68. The average Bonchev–Trinajstić information content (AvgIpc) is 2.33. The first-order chi connectivity index (χ1) is 5.79. The molecule has 2 fully saturated rings. The summed E-state index contributed by atoms with van der Waals surface area (Å²) < 4.78 is 0. The number of hydrogen-bond donors (Lipinski definition) is 2. The molecule has 2 rings (SSSR count). The summed E-state index contributed by atoms with van der Waals surface area (Å²) in [5.41, 5.74) is -0.629. The molecule has 3 heteroatoms. The first kappa shape index (κ1) is 10.8. The minimum absolute atomic E-state index is 0. The van der Waals surface area contributed by atoms with E-state index in [0.29, 0.717) is 5.92 Å². The van der Waals surface area contributed by atoms with Crippen molar-refractivity contribution < 1.29 is 5.11 Å². The van der Waals surface area contributed by atoms with Gasteiger partial charge >= 0.3 is 0 Å². The molecule has 1 heterocycles. The monoisotopic (exact) mass is 201 g/mol. The van der Waals surface area contributed by atoms with Crippen LogP contribution in [0.3, 0.4) is 0 Å². The highest BCUT2D eigenvalue weighted by Crippen LogP contribution is 2.28. The normalized spacial score (nSPS) is 25.3. The molecule has 1 saturated heterocycles. The van der Waals surface area contributed by atoms with Gasteiger partial charge < -0.3 is 10.4 Å². The first-order valence-electron chi connectivity index (χ1n) is 4.74. The van der Waals surface area contributed by atoms with Crippen LogP contribution in [0.4, 0.5) is 0 Å². The molecule has 1 saturated carbocycles. The van der Waals surface area contributed by atoms with E-state index in [9.17, 15) is 5.11 Å². The maximum atomic E-state index is 9.87. The minimum Gasteiger partial charge on any atom is -0.378 e. The third-order valence-electron chi connectivity index (χ3n) is 2.72. The molecule has 0 unspecified atom stereocenters. The Bertz CT molecular complexity index is 221. The summed E-state index contributed by atoms with van der Waals surface area (Å²) in [4.78, 5) is 0. The SMILES string of the molecule is Cl.OC1(C#CC2CNC2)CCCC1. The molecule has 13 heavy (non-hydrogen) atoms. The lowest BCUT2D eigenvalue weighted by atomic mass is 9.99. The van der Waals surface area contributed by atoms with Gasteiger partial charge in [-0.25, -0.2) is 0 Å². The molecule has 2 N–H and O–H groups in total. The van der Waals surface area contributed by atoms with Gasteiger partial charge in [0.25, 0.3) is 0 Å². The van der Waals surface area contributed by atoms with Crippen molar-refractivity contribution in [2.75, 3.05) is 13.1 Å². The van der Waals surface area contributed by atoms with E-state index in [1.807, 2.05) is 0 Å². The Labute approximate surface area is 85.5 Å². The molecule has 0 radical (unpaired) electrons. The maximum absolute atomic E-state index is 9.87. The lowest BCUT2D eigenvalue weighted by Gasteiger charge is -2.22. The molecule has 1 aliphatic carbocycles. The summed E-state index contributed by atoms with van der Waals surface area (Å²) in [5.74, 6) is 6.66. The molecule has 0 spiro atoms. The van der Waals surface area contributed by atoms with Gasteiger partial charge in [-0.3, -0.25) is 0 Å². The number of aliphatic hydroxyl groups is 1. The van der Waals surface area contributed by atoms with Gasteiger partial charge in [-0.1, -0.05) is 11.8 Å². The van der Waals surface area contributed by atoms with Crippen LogP contribution in [0.1, 0.15) is 25.7 Å². The summed E-state index contributed by atoms with van der Waals surface area (Å²) in [7, 11) is 0. The van der Waals surface area contributed by atoms with Crippen LogP contribution in [0, 0.1) is 17.8 Å². The lowest BCUT2D eigenvalue weighted by molar-refractivity contribution is 0.109. The second-order valence-corrected chi connectivity index (χ2v) is 3.86. The quantitative estimate of drug-likeness (QED) is 0.572. The smallest absolute Gasteiger partial charge is 0.125 e. The predicted octanol–water partition coefficient (Wildman–Crippen LogP) is 0.936. The third kappa shape index (κ3) is 2.60. The number of rotatable bonds is 0. The van der Waals surface area contributed by atoms with Gasteiger partial charge in [-0.05, 0) is 25.7 Å². The van der Waals surface area contributed by atoms with Crippen LogP contribution in [-0.2, 0) is 0 Å². The number of halogens is 1. The molecule has 2 nitrogen and oxygen atoms in total. The van der Waals surface area contributed by atoms with Crippen LogP contribution >= 0.6 is 12.4 Å². The molecule has 0 amide bonds. The summed E-state index contributed by atoms with van der Waals surface area (Å²) in [5, 5.41) is 13.0. The molecule has 2 aliphatic rings. The van der Waals surface area contributed by atoms with E-state index in [4.69, 9.17) is 0 Å². The minimum atomic E-state index is -0.629. The van der Waals surface area contributed by atoms with Crippen molar-refractivity contribution >= 4 is 12.4 Å². The summed E-state index contributed by atoms with van der Waals surface area (Å²) in [6.07, 6.45) is 4.02. The van der Waals surface area contributed by atoms with Crippen molar-refractivity contribution in [2.24, 2.45) is 5.92 Å². The van der Waals surface area contributed by atoms with Gasteiger partial charge in [0.1, 0.15) is 5.60 Å². The Morgan fingerprint density at radius 2 is 1.85 bits per heavy atom. The highest BCUT2D eigenvalue weighted by molar-refractivity contribution is 5.85. The topological polar surface area (TPSA) is 32.3 Å². The highest BCUT2D eigenvalue weighted by atomic mass is 35.5. The largest absolute Gasteiger partial charge is 0.378 e. The Kier molecular flexibility index (Phi) is 3.61. The Morgan fingerprint density at radius 3 is 2.31 bits per heavy atom. The summed E-state index contributed by atoms with van der Waals surface area (Å²) >= 11 is 0. The summed E-state index contributed by atoms with van der Waals surface area (Å²) in [6, 6.07) is 0. The third-order valence-corrected chi connectivity index (χ3v) is 2.72. The molecular formula is C10H16ClNO. The Hall–Kier alpha value is -0.230. The molecular weight excluding hydrogens is 186 g/mol. The van der Waals surface area contributed by atoms with Crippen molar-refractivity contribution in [2.45, 2.75) is 31.3 Å². The molecule has 0 aromatic rings. The van der Waals surface area contributed by atoms with E-state index < -0.39 is 5.60 Å². The van der Waals surface area contributed by atoms with E-state index in [0.717, 1.165) is 38.8 Å². The van der Waals surface area contributed by atoms with E-state index in [2.05, 4.69) is 17.2 Å². The molecule has 0 atom stereocenters. The van der Waals surface area contributed by atoms with Crippen LogP contribution < -0.4 is 5.32 Å². The van der Waals surface area contributed by atoms with Crippen molar-refractivity contribution in [3.8, 4) is 11.8 Å². The second kappa shape index (κ2) is 4.32. The van der Waals surface area contributed by atoms with Gasteiger partial charge in [0.15, 0.2) is 0 Å². The van der Waals surface area contributed by atoms with Gasteiger partial charge in [0.2, 0.25) is 0 Å². The fourth-order valence-electron chi connectivity index (χ4n) is 1.71. The van der Waals surface area contributed by atoms with Crippen molar-refractivity contribution in [3.63, 3.8) is 0 Å². The predicted molar refractivity (Wildman–Crippen MR) is 54.8 cm³/mol. The fraction of sp³-hybridized carbons (Fsp3) is 0.800. The van der Waals surface area contributed by atoms with Gasteiger partial charge in [-0.2, -0.15) is 0 Å². The van der Waals surface area contributed by atoms with E-state index >= 15 is 0 Å². The van der Waals surface area contributed by atoms with Crippen LogP contribution in [0.15, 0.2) is 0 Å². The van der Waals surface area contributed by atoms with E-state index in [1.54, 1.807) is 0 Å². The van der Waals surface area contributed by atoms with Crippen molar-refractivity contribution in [1.82, 2.24) is 5.32 Å². The molecule has 0 aromatic heterocycles. The molecule has 1 aliphatic heterocycles. The molecule has 0 bridgehead atoms. The summed E-state index contributed by atoms with van der Waals surface area (Å²) in [6.45, 7) is 2.01. The van der Waals surface area contributed by atoms with Gasteiger partial charge in [-0.15, -0.1) is 12.4 Å². The number of hydrogen-bond acceptors (Lipinski definition) is 2. The zero-order valence-corrected chi connectivity index (χ0v) is 8.49. The molecule has 0 aromatic carbocycles. The number of nitrogens with one attached hydrogen (secondary N) is 1. The van der Waals surface area contributed by atoms with Crippen molar-refractivity contribution in [1.29, 1.82) is 0 Å². The van der Waals surface area contributed by atoms with E-state index in [1.165, 1.54) is 0 Å².